The summed E-state index contributed by atoms with van der Waals surface area (Å²) in [6, 6.07) is 3.73. The van der Waals surface area contributed by atoms with Gasteiger partial charge in [-0.3, -0.25) is 9.97 Å². The molecule has 1 atom stereocenters. The van der Waals surface area contributed by atoms with Crippen LogP contribution < -0.4 is 9.47 Å². The molecule has 1 fully saturated rings. The first kappa shape index (κ1) is 23.3. The molecule has 3 aromatic rings. The van der Waals surface area contributed by atoms with E-state index < -0.39 is 11.2 Å². The average Bonchev–Trinajstić information content (AvgIpc) is 3.13. The van der Waals surface area contributed by atoms with Crippen molar-refractivity contribution in [2.75, 3.05) is 7.11 Å². The number of imidazole rings is 1. The van der Waals surface area contributed by atoms with Gasteiger partial charge in [0.05, 0.1) is 12.8 Å². The molecule has 30 heavy (non-hydrogen) atoms. The second-order valence-electron chi connectivity index (χ2n) is 7.47. The van der Waals surface area contributed by atoms with E-state index in [0.717, 1.165) is 35.4 Å². The third-order valence-corrected chi connectivity index (χ3v) is 6.55. The standard InChI is InChI=1S/C21H26N4O3S.Na/c1-13-11-16-19(24-20(13)28-15-7-5-4-6-8-15)25-21(23-16)29(26)12-17-14(2)18(27-3)9-10-22-17;/h9-11,15H,4-8,12H2,1-3H3,(H,23,24,25);. The molecule has 1 aliphatic carbocycles. The van der Waals surface area contributed by atoms with Crippen LogP contribution in [0.2, 0.25) is 0 Å². The second kappa shape index (κ2) is 10.3. The molecule has 7 nitrogen and oxygen atoms in total. The molecule has 1 saturated carbocycles. The number of hydrogen-bond acceptors (Lipinski definition) is 6. The van der Waals surface area contributed by atoms with Gasteiger partial charge in [0.25, 0.3) is 0 Å². The van der Waals surface area contributed by atoms with Crippen molar-refractivity contribution >= 4 is 51.9 Å². The summed E-state index contributed by atoms with van der Waals surface area (Å²) in [5, 5.41) is 0.394. The molecule has 1 unspecified atom stereocenters. The molecule has 0 aliphatic heterocycles. The molecule has 1 radical (unpaired) electrons. The Morgan fingerprint density at radius 3 is 2.70 bits per heavy atom. The van der Waals surface area contributed by atoms with Gasteiger partial charge in [-0.1, -0.05) is 6.42 Å². The van der Waals surface area contributed by atoms with E-state index in [9.17, 15) is 4.55 Å². The van der Waals surface area contributed by atoms with Crippen LogP contribution in [0.25, 0.3) is 11.2 Å². The molecule has 9 heteroatoms. The number of nitrogens with zero attached hydrogens (tertiary/aromatic N) is 3. The zero-order valence-electron chi connectivity index (χ0n) is 18.0. The predicted octanol–water partition coefficient (Wildman–Crippen LogP) is 3.62. The van der Waals surface area contributed by atoms with Crippen LogP contribution in [0.5, 0.6) is 11.6 Å². The van der Waals surface area contributed by atoms with Crippen molar-refractivity contribution in [1.29, 1.82) is 0 Å². The quantitative estimate of drug-likeness (QED) is 0.467. The molecular formula is C21H26N4NaO3S. The number of rotatable bonds is 6. The maximum atomic E-state index is 12.9. The molecule has 4 rings (SSSR count). The van der Waals surface area contributed by atoms with Crippen LogP contribution in [0.1, 0.15) is 48.9 Å². The molecule has 0 saturated heterocycles. The van der Waals surface area contributed by atoms with Gasteiger partial charge >= 0.3 is 5.16 Å². The van der Waals surface area contributed by atoms with E-state index in [2.05, 4.69) is 19.9 Å². The van der Waals surface area contributed by atoms with Gasteiger partial charge in [-0.05, 0) is 51.7 Å². The molecule has 1 aliphatic rings. The topological polar surface area (TPSA) is 96.0 Å². The number of pyridine rings is 2. The van der Waals surface area contributed by atoms with E-state index in [-0.39, 0.29) is 41.4 Å². The van der Waals surface area contributed by atoms with Crippen LogP contribution >= 0.6 is 0 Å². The summed E-state index contributed by atoms with van der Waals surface area (Å²) in [6.07, 6.45) is 7.73. The van der Waals surface area contributed by atoms with Gasteiger partial charge in [-0.25, -0.2) is 0 Å². The maximum Gasteiger partial charge on any atom is 0.323 e. The minimum absolute atomic E-state index is 0. The Bertz CT molecular complexity index is 1010. The average molecular weight is 438 g/mol. The zero-order chi connectivity index (χ0) is 20.4. The van der Waals surface area contributed by atoms with E-state index in [0.29, 0.717) is 22.2 Å². The van der Waals surface area contributed by atoms with E-state index in [4.69, 9.17) is 9.47 Å². The van der Waals surface area contributed by atoms with Crippen LogP contribution in [0, 0.1) is 13.8 Å². The molecule has 1 N–H and O–H groups in total. The van der Waals surface area contributed by atoms with Gasteiger partial charge < -0.3 is 14.0 Å². The smallest absolute Gasteiger partial charge is 0.323 e. The van der Waals surface area contributed by atoms with E-state index in [1.807, 2.05) is 19.9 Å². The van der Waals surface area contributed by atoms with Crippen LogP contribution in [-0.2, 0) is 16.9 Å². The van der Waals surface area contributed by atoms with Crippen molar-refractivity contribution in [3.63, 3.8) is 0 Å². The monoisotopic (exact) mass is 437 g/mol. The number of nitrogens with one attached hydrogen (secondary N) is 1. The minimum atomic E-state index is -1.37. The summed E-state index contributed by atoms with van der Waals surface area (Å²) < 4.78 is 24.4. The Hall–Kier alpha value is -1.32. The Kier molecular flexibility index (Phi) is 8.04. The first-order valence-electron chi connectivity index (χ1n) is 9.96. The molecule has 0 bridgehead atoms. The van der Waals surface area contributed by atoms with Crippen molar-refractivity contribution in [3.05, 3.63) is 35.2 Å². The number of ether oxygens (including phenoxy) is 2. The summed E-state index contributed by atoms with van der Waals surface area (Å²) in [5.41, 5.74) is 3.85. The fourth-order valence-corrected chi connectivity index (χ4v) is 4.77. The summed E-state index contributed by atoms with van der Waals surface area (Å²) in [6.45, 7) is 3.89. The van der Waals surface area contributed by atoms with Crippen molar-refractivity contribution in [3.8, 4) is 11.6 Å². The van der Waals surface area contributed by atoms with Gasteiger partial charge in [0, 0.05) is 58.1 Å². The minimum Gasteiger partial charge on any atom is -0.609 e. The number of H-pyrrole nitrogens is 1. The second-order valence-corrected chi connectivity index (χ2v) is 8.84. The predicted molar refractivity (Wildman–Crippen MR) is 118 cm³/mol. The number of fused-ring (bicyclic) bond motifs is 1. The summed E-state index contributed by atoms with van der Waals surface area (Å²) in [7, 11) is 1.61. The number of aryl methyl sites for hydroxylation is 1. The zero-order valence-corrected chi connectivity index (χ0v) is 20.8. The van der Waals surface area contributed by atoms with Crippen molar-refractivity contribution in [1.82, 2.24) is 19.9 Å². The largest absolute Gasteiger partial charge is 0.609 e. The molecule has 155 valence electrons. The summed E-state index contributed by atoms with van der Waals surface area (Å²) in [4.78, 5) is 16.6. The summed E-state index contributed by atoms with van der Waals surface area (Å²) >= 11 is -1.37. The maximum absolute atomic E-state index is 12.9. The normalized spacial score (nSPS) is 15.6. The number of aromatic amines is 1. The first-order chi connectivity index (χ1) is 14.0. The third-order valence-electron chi connectivity index (χ3n) is 5.39. The Morgan fingerprint density at radius 2 is 1.97 bits per heavy atom. The first-order valence-corrected chi connectivity index (χ1v) is 11.3. The Morgan fingerprint density at radius 1 is 1.20 bits per heavy atom. The van der Waals surface area contributed by atoms with Gasteiger partial charge in [0.1, 0.15) is 17.4 Å². The molecule has 0 aromatic carbocycles. The van der Waals surface area contributed by atoms with Gasteiger partial charge in [-0.2, -0.15) is 9.97 Å². The van der Waals surface area contributed by atoms with Crippen molar-refractivity contribution < 1.29 is 14.0 Å². The number of methoxy groups -OCH3 is 1. The van der Waals surface area contributed by atoms with E-state index in [1.165, 1.54) is 19.3 Å². The fraction of sp³-hybridized carbons (Fsp3) is 0.476. The van der Waals surface area contributed by atoms with Crippen LogP contribution in [-0.4, -0.2) is 67.3 Å². The Labute approximate surface area is 201 Å². The van der Waals surface area contributed by atoms with Gasteiger partial charge in [0.2, 0.25) is 5.88 Å². The van der Waals surface area contributed by atoms with Crippen molar-refractivity contribution in [2.45, 2.75) is 63.0 Å². The van der Waals surface area contributed by atoms with Crippen molar-refractivity contribution in [2.24, 2.45) is 0 Å². The van der Waals surface area contributed by atoms with Crippen LogP contribution in [0.15, 0.2) is 23.5 Å². The fourth-order valence-electron chi connectivity index (χ4n) is 3.68. The van der Waals surface area contributed by atoms with Crippen LogP contribution in [0.4, 0.5) is 0 Å². The van der Waals surface area contributed by atoms with Gasteiger partial charge in [0.15, 0.2) is 11.4 Å². The third kappa shape index (κ3) is 5.11. The molecule has 0 spiro atoms. The summed E-state index contributed by atoms with van der Waals surface area (Å²) in [5.74, 6) is 1.63. The molecule has 3 heterocycles. The number of hydrogen-bond donors (Lipinski definition) is 1. The Balaban J connectivity index is 0.00000256. The van der Waals surface area contributed by atoms with Gasteiger partial charge in [-0.15, -0.1) is 0 Å². The van der Waals surface area contributed by atoms with E-state index >= 15 is 0 Å². The molecular weight excluding hydrogens is 411 g/mol. The SMILES string of the molecule is COc1ccnc(C[S+]([O-])c2nc3cc(C)c(OC4CCCCC4)nc3[nH]2)c1C.[Na]. The molecule has 0 amide bonds. The molecule has 3 aromatic heterocycles. The van der Waals surface area contributed by atoms with E-state index in [1.54, 1.807) is 19.4 Å². The number of aromatic nitrogens is 4. The van der Waals surface area contributed by atoms with Crippen LogP contribution in [0.3, 0.4) is 0 Å².